The molecule has 0 bridgehead atoms. The van der Waals surface area contributed by atoms with Crippen molar-refractivity contribution in [3.05, 3.63) is 59.7 Å². The van der Waals surface area contributed by atoms with Crippen LogP contribution in [0, 0.1) is 11.8 Å². The molecule has 0 unspecified atom stereocenters. The van der Waals surface area contributed by atoms with Gasteiger partial charge in [-0.25, -0.2) is 0 Å². The maximum atomic E-state index is 8.76. The van der Waals surface area contributed by atoms with Gasteiger partial charge in [0.05, 0.1) is 6.61 Å². The van der Waals surface area contributed by atoms with Crippen molar-refractivity contribution in [2.75, 3.05) is 6.61 Å². The number of hydrogen-bond donors (Lipinski definition) is 1. The summed E-state index contributed by atoms with van der Waals surface area (Å²) in [6, 6.07) is 14.3. The predicted octanol–water partition coefficient (Wildman–Crippen LogP) is 3.13. The molecule has 0 spiro atoms. The monoisotopic (exact) mass is 222 g/mol. The second kappa shape index (κ2) is 5.34. The molecule has 0 amide bonds. The summed E-state index contributed by atoms with van der Waals surface area (Å²) in [6.07, 6.45) is 1.71. The number of fused-ring (bicyclic) bond motifs is 1. The summed E-state index contributed by atoms with van der Waals surface area (Å²) in [4.78, 5) is 0. The lowest BCUT2D eigenvalue weighted by atomic mass is 10.0. The van der Waals surface area contributed by atoms with Crippen molar-refractivity contribution in [2.24, 2.45) is 0 Å². The minimum Gasteiger partial charge on any atom is -0.392 e. The largest absolute Gasteiger partial charge is 0.392 e. The van der Waals surface area contributed by atoms with Crippen molar-refractivity contribution >= 4 is 10.8 Å². The first kappa shape index (κ1) is 11.4. The minimum absolute atomic E-state index is 0.0377. The Bertz CT molecular complexity index is 607. The van der Waals surface area contributed by atoms with E-state index in [0.29, 0.717) is 0 Å². The molecule has 17 heavy (non-hydrogen) atoms. The molecule has 0 radical (unpaired) electrons. The van der Waals surface area contributed by atoms with Gasteiger partial charge in [0.2, 0.25) is 0 Å². The first-order valence-corrected chi connectivity index (χ1v) is 5.58. The molecule has 0 atom stereocenters. The van der Waals surface area contributed by atoms with Gasteiger partial charge < -0.3 is 5.11 Å². The van der Waals surface area contributed by atoms with E-state index in [9.17, 15) is 0 Å². The van der Waals surface area contributed by atoms with Crippen LogP contribution in [0.3, 0.4) is 0 Å². The van der Waals surface area contributed by atoms with E-state index < -0.39 is 0 Å². The number of benzene rings is 2. The summed E-state index contributed by atoms with van der Waals surface area (Å²) in [5.41, 5.74) is 1.91. The topological polar surface area (TPSA) is 20.2 Å². The Morgan fingerprint density at radius 2 is 1.94 bits per heavy atom. The van der Waals surface area contributed by atoms with Gasteiger partial charge in [-0.2, -0.15) is 0 Å². The van der Waals surface area contributed by atoms with E-state index in [4.69, 9.17) is 5.11 Å². The zero-order chi connectivity index (χ0) is 12.1. The van der Waals surface area contributed by atoms with Gasteiger partial charge in [0.15, 0.2) is 0 Å². The lowest BCUT2D eigenvalue weighted by Gasteiger charge is -1.99. The van der Waals surface area contributed by atoms with Crippen molar-refractivity contribution < 1.29 is 5.11 Å². The van der Waals surface area contributed by atoms with Crippen LogP contribution in [-0.2, 0) is 0 Å². The Morgan fingerprint density at radius 3 is 2.76 bits per heavy atom. The van der Waals surface area contributed by atoms with E-state index in [1.54, 1.807) is 6.08 Å². The Labute approximate surface area is 101 Å². The SMILES string of the molecule is CC(C#Cc1cccc2ccccc12)=CCO. The van der Waals surface area contributed by atoms with Crippen molar-refractivity contribution in [3.8, 4) is 11.8 Å². The van der Waals surface area contributed by atoms with E-state index in [0.717, 1.165) is 11.1 Å². The highest BCUT2D eigenvalue weighted by Gasteiger charge is 1.95. The molecule has 0 fully saturated rings. The molecule has 2 aromatic carbocycles. The Hall–Kier alpha value is -2.04. The molecule has 0 saturated heterocycles. The Kier molecular flexibility index (Phi) is 3.59. The molecule has 0 aliphatic rings. The zero-order valence-corrected chi connectivity index (χ0v) is 9.77. The molecule has 0 aliphatic heterocycles. The first-order valence-electron chi connectivity index (χ1n) is 5.58. The molecule has 0 aromatic heterocycles. The van der Waals surface area contributed by atoms with Crippen LogP contribution in [0.4, 0.5) is 0 Å². The molecule has 0 heterocycles. The molecule has 0 aliphatic carbocycles. The molecule has 2 rings (SSSR count). The summed E-state index contributed by atoms with van der Waals surface area (Å²) >= 11 is 0. The fourth-order valence-electron chi connectivity index (χ4n) is 1.69. The molecule has 1 heteroatoms. The van der Waals surface area contributed by atoms with Crippen LogP contribution in [0.5, 0.6) is 0 Å². The van der Waals surface area contributed by atoms with Crippen LogP contribution in [0.2, 0.25) is 0 Å². The van der Waals surface area contributed by atoms with E-state index in [-0.39, 0.29) is 6.61 Å². The third kappa shape index (κ3) is 2.75. The summed E-state index contributed by atoms with van der Waals surface area (Å²) in [5.74, 6) is 6.19. The second-order valence-corrected chi connectivity index (χ2v) is 3.85. The van der Waals surface area contributed by atoms with E-state index in [2.05, 4.69) is 30.0 Å². The highest BCUT2D eigenvalue weighted by Crippen LogP contribution is 2.17. The van der Waals surface area contributed by atoms with Gasteiger partial charge in [0.25, 0.3) is 0 Å². The van der Waals surface area contributed by atoms with Crippen LogP contribution in [0.1, 0.15) is 12.5 Å². The quantitative estimate of drug-likeness (QED) is 0.735. The van der Waals surface area contributed by atoms with Crippen molar-refractivity contribution in [2.45, 2.75) is 6.92 Å². The third-order valence-electron chi connectivity index (χ3n) is 2.58. The third-order valence-corrected chi connectivity index (χ3v) is 2.58. The van der Waals surface area contributed by atoms with Gasteiger partial charge in [0, 0.05) is 5.56 Å². The second-order valence-electron chi connectivity index (χ2n) is 3.85. The summed E-state index contributed by atoms with van der Waals surface area (Å²) in [5, 5.41) is 11.1. The van der Waals surface area contributed by atoms with Gasteiger partial charge in [-0.15, -0.1) is 0 Å². The van der Waals surface area contributed by atoms with Crippen LogP contribution < -0.4 is 0 Å². The number of allylic oxidation sites excluding steroid dienone is 1. The van der Waals surface area contributed by atoms with Crippen molar-refractivity contribution in [1.29, 1.82) is 0 Å². The minimum atomic E-state index is 0.0377. The molecular formula is C16H14O. The molecular weight excluding hydrogens is 208 g/mol. The van der Waals surface area contributed by atoms with Crippen molar-refractivity contribution in [1.82, 2.24) is 0 Å². The maximum Gasteiger partial charge on any atom is 0.0624 e. The lowest BCUT2D eigenvalue weighted by molar-refractivity contribution is 0.342. The smallest absolute Gasteiger partial charge is 0.0624 e. The zero-order valence-electron chi connectivity index (χ0n) is 9.77. The average molecular weight is 222 g/mol. The normalized spacial score (nSPS) is 11.1. The Morgan fingerprint density at radius 1 is 1.18 bits per heavy atom. The van der Waals surface area contributed by atoms with Gasteiger partial charge in [-0.3, -0.25) is 0 Å². The highest BCUT2D eigenvalue weighted by molar-refractivity contribution is 5.88. The van der Waals surface area contributed by atoms with Crippen LogP contribution in [0.15, 0.2) is 54.1 Å². The summed E-state index contributed by atoms with van der Waals surface area (Å²) in [6.45, 7) is 1.93. The van der Waals surface area contributed by atoms with Gasteiger partial charge in [-0.05, 0) is 35.4 Å². The van der Waals surface area contributed by atoms with Crippen LogP contribution in [-0.4, -0.2) is 11.7 Å². The average Bonchev–Trinajstić information content (AvgIpc) is 2.36. The molecule has 0 saturated carbocycles. The summed E-state index contributed by atoms with van der Waals surface area (Å²) < 4.78 is 0. The molecule has 1 N–H and O–H groups in total. The summed E-state index contributed by atoms with van der Waals surface area (Å²) in [7, 11) is 0. The van der Waals surface area contributed by atoms with Crippen molar-refractivity contribution in [3.63, 3.8) is 0 Å². The fourth-order valence-corrected chi connectivity index (χ4v) is 1.69. The van der Waals surface area contributed by atoms with E-state index in [1.807, 2.05) is 31.2 Å². The molecule has 84 valence electrons. The van der Waals surface area contributed by atoms with Gasteiger partial charge in [-0.1, -0.05) is 48.2 Å². The van der Waals surface area contributed by atoms with E-state index >= 15 is 0 Å². The standard InChI is InChI=1S/C16H14O/c1-13(11-12-17)9-10-15-7-4-6-14-5-2-3-8-16(14)15/h2-8,11,17H,12H2,1H3. The highest BCUT2D eigenvalue weighted by atomic mass is 16.2. The van der Waals surface area contributed by atoms with Gasteiger partial charge >= 0.3 is 0 Å². The van der Waals surface area contributed by atoms with Crippen LogP contribution in [0.25, 0.3) is 10.8 Å². The number of rotatable bonds is 1. The number of aliphatic hydroxyl groups excluding tert-OH is 1. The van der Waals surface area contributed by atoms with Gasteiger partial charge in [0.1, 0.15) is 0 Å². The fraction of sp³-hybridized carbons (Fsp3) is 0.125. The molecule has 1 nitrogen and oxygen atoms in total. The predicted molar refractivity (Wildman–Crippen MR) is 71.7 cm³/mol. The number of aliphatic hydroxyl groups is 1. The lowest BCUT2D eigenvalue weighted by Crippen LogP contribution is -1.80. The number of hydrogen-bond acceptors (Lipinski definition) is 1. The van der Waals surface area contributed by atoms with Crippen LogP contribution >= 0.6 is 0 Å². The Balaban J connectivity index is 2.46. The maximum absolute atomic E-state index is 8.76. The molecule has 2 aromatic rings. The first-order chi connectivity index (χ1) is 8.31. The van der Waals surface area contributed by atoms with E-state index in [1.165, 1.54) is 10.8 Å².